The molecule has 2 heterocycles. The smallest absolute Gasteiger partial charge is 0.408 e. The van der Waals surface area contributed by atoms with E-state index in [4.69, 9.17) is 9.47 Å². The molecule has 0 aliphatic carbocycles. The Hall–Kier alpha value is -2.61. The standard InChI is InChI=1S/C11H20N2O3.C11H13NO2.C4H10/c1-11(2,3)16-10(15)12-8-9(14)13-6-4-5-7-13;13-9-12-6-7-14-11(8-12)10-4-2-1-3-5-10;1-4(2)3/h4-8H2,1-3H3,(H,12,15);1-5,9,11H,6-8H2;4H,1-3H3. The largest absolute Gasteiger partial charge is 0.444 e. The second-order valence-electron chi connectivity index (χ2n) is 10.0. The van der Waals surface area contributed by atoms with Crippen molar-refractivity contribution in [2.24, 2.45) is 5.92 Å². The van der Waals surface area contributed by atoms with Crippen LogP contribution < -0.4 is 5.32 Å². The zero-order chi connectivity index (χ0) is 25.6. The number of carbonyl (C=O) groups excluding carboxylic acids is 3. The number of nitrogens with zero attached hydrogens (tertiary/aromatic N) is 2. The van der Waals surface area contributed by atoms with Gasteiger partial charge in [-0.25, -0.2) is 4.79 Å². The normalized spacial score (nSPS) is 17.7. The van der Waals surface area contributed by atoms with Gasteiger partial charge in [-0.2, -0.15) is 0 Å². The maximum Gasteiger partial charge on any atom is 0.408 e. The SMILES string of the molecule is CC(C)(C)OC(=O)NCC(=O)N1CCCC1.CC(C)C.O=CN1CCOC(c2ccccc2)C1. The molecule has 2 aliphatic rings. The maximum atomic E-state index is 11.6. The number of ether oxygens (including phenoxy) is 2. The maximum absolute atomic E-state index is 11.6. The van der Waals surface area contributed by atoms with Crippen molar-refractivity contribution in [2.45, 2.75) is 66.1 Å². The van der Waals surface area contributed by atoms with Crippen molar-refractivity contribution in [2.75, 3.05) is 39.3 Å². The second-order valence-corrected chi connectivity index (χ2v) is 10.0. The Balaban J connectivity index is 0.000000296. The van der Waals surface area contributed by atoms with E-state index in [0.717, 1.165) is 43.8 Å². The van der Waals surface area contributed by atoms with Crippen LogP contribution in [0.1, 0.15) is 66.1 Å². The van der Waals surface area contributed by atoms with Crippen molar-refractivity contribution in [3.8, 4) is 0 Å². The molecular formula is C26H43N3O5. The van der Waals surface area contributed by atoms with Crippen LogP contribution in [0, 0.1) is 5.92 Å². The molecule has 0 aromatic heterocycles. The van der Waals surface area contributed by atoms with E-state index < -0.39 is 11.7 Å². The summed E-state index contributed by atoms with van der Waals surface area (Å²) in [7, 11) is 0. The third-order valence-electron chi connectivity index (χ3n) is 4.66. The van der Waals surface area contributed by atoms with Gasteiger partial charge in [0.2, 0.25) is 12.3 Å². The molecule has 1 atom stereocenters. The number of nitrogens with one attached hydrogen (secondary N) is 1. The van der Waals surface area contributed by atoms with Gasteiger partial charge in [-0.3, -0.25) is 9.59 Å². The van der Waals surface area contributed by atoms with E-state index >= 15 is 0 Å². The van der Waals surface area contributed by atoms with Crippen LogP contribution in [0.4, 0.5) is 4.79 Å². The number of hydrogen-bond acceptors (Lipinski definition) is 5. The predicted octanol–water partition coefficient (Wildman–Crippen LogP) is 4.01. The fourth-order valence-corrected chi connectivity index (χ4v) is 3.17. The highest BCUT2D eigenvalue weighted by Crippen LogP contribution is 2.20. The van der Waals surface area contributed by atoms with Gasteiger partial charge < -0.3 is 24.6 Å². The number of amides is 3. The highest BCUT2D eigenvalue weighted by atomic mass is 16.6. The van der Waals surface area contributed by atoms with E-state index in [9.17, 15) is 14.4 Å². The van der Waals surface area contributed by atoms with E-state index in [0.29, 0.717) is 19.7 Å². The summed E-state index contributed by atoms with van der Waals surface area (Å²) >= 11 is 0. The van der Waals surface area contributed by atoms with E-state index in [2.05, 4.69) is 26.1 Å². The van der Waals surface area contributed by atoms with Crippen LogP contribution in [0.25, 0.3) is 0 Å². The lowest BCUT2D eigenvalue weighted by Gasteiger charge is -2.30. The highest BCUT2D eigenvalue weighted by molar-refractivity contribution is 5.82. The fraction of sp³-hybridized carbons (Fsp3) is 0.654. The third kappa shape index (κ3) is 13.2. The first kappa shape index (κ1) is 29.4. The van der Waals surface area contributed by atoms with E-state index in [1.54, 1.807) is 30.6 Å². The summed E-state index contributed by atoms with van der Waals surface area (Å²) < 4.78 is 10.6. The molecule has 0 saturated carbocycles. The lowest BCUT2D eigenvalue weighted by molar-refractivity contribution is -0.129. The van der Waals surface area contributed by atoms with Gasteiger partial charge in [-0.15, -0.1) is 0 Å². The van der Waals surface area contributed by atoms with Gasteiger partial charge in [0.1, 0.15) is 18.2 Å². The minimum Gasteiger partial charge on any atom is -0.444 e. The van der Waals surface area contributed by atoms with Crippen LogP contribution in [0.2, 0.25) is 0 Å². The molecule has 2 saturated heterocycles. The average molecular weight is 478 g/mol. The highest BCUT2D eigenvalue weighted by Gasteiger charge is 2.21. The summed E-state index contributed by atoms with van der Waals surface area (Å²) in [5, 5.41) is 2.46. The molecule has 1 aromatic rings. The molecule has 8 nitrogen and oxygen atoms in total. The summed E-state index contributed by atoms with van der Waals surface area (Å²) in [6.07, 6.45) is 2.49. The summed E-state index contributed by atoms with van der Waals surface area (Å²) in [5.74, 6) is 0.795. The Bertz CT molecular complexity index is 725. The van der Waals surface area contributed by atoms with Gasteiger partial charge in [0, 0.05) is 19.6 Å². The molecule has 0 radical (unpaired) electrons. The van der Waals surface area contributed by atoms with Gasteiger partial charge >= 0.3 is 6.09 Å². The summed E-state index contributed by atoms with van der Waals surface area (Å²) in [5.41, 5.74) is 0.611. The topological polar surface area (TPSA) is 88.2 Å². The molecule has 1 unspecified atom stereocenters. The molecular weight excluding hydrogens is 434 g/mol. The van der Waals surface area contributed by atoms with Gasteiger partial charge in [0.15, 0.2) is 0 Å². The quantitative estimate of drug-likeness (QED) is 0.662. The molecule has 0 spiro atoms. The van der Waals surface area contributed by atoms with Gasteiger partial charge in [-0.05, 0) is 45.1 Å². The minimum absolute atomic E-state index is 0.0227. The molecule has 3 rings (SSSR count). The molecule has 1 aromatic carbocycles. The molecule has 1 N–H and O–H groups in total. The van der Waals surface area contributed by atoms with Crippen LogP contribution in [0.15, 0.2) is 30.3 Å². The van der Waals surface area contributed by atoms with Gasteiger partial charge in [-0.1, -0.05) is 51.1 Å². The number of carbonyl (C=O) groups is 3. The summed E-state index contributed by atoms with van der Waals surface area (Å²) in [4.78, 5) is 37.0. The molecule has 3 amide bonds. The number of morpholine rings is 1. The number of likely N-dealkylation sites (tertiary alicyclic amines) is 1. The number of benzene rings is 1. The van der Waals surface area contributed by atoms with Crippen molar-refractivity contribution < 1.29 is 23.9 Å². The van der Waals surface area contributed by atoms with Crippen LogP contribution >= 0.6 is 0 Å². The average Bonchev–Trinajstić information content (AvgIpc) is 3.32. The monoisotopic (exact) mass is 477 g/mol. The number of rotatable bonds is 4. The molecule has 8 heteroatoms. The molecule has 34 heavy (non-hydrogen) atoms. The summed E-state index contributed by atoms with van der Waals surface area (Å²) in [6, 6.07) is 10.00. The number of alkyl carbamates (subject to hydrolysis) is 1. The van der Waals surface area contributed by atoms with Crippen molar-refractivity contribution in [3.05, 3.63) is 35.9 Å². The summed E-state index contributed by atoms with van der Waals surface area (Å²) in [6.45, 7) is 15.5. The van der Waals surface area contributed by atoms with Crippen molar-refractivity contribution in [3.63, 3.8) is 0 Å². The first-order chi connectivity index (χ1) is 16.0. The van der Waals surface area contributed by atoms with Gasteiger partial charge in [0.25, 0.3) is 0 Å². The molecule has 0 bridgehead atoms. The molecule has 2 aliphatic heterocycles. The zero-order valence-corrected chi connectivity index (χ0v) is 21.7. The lowest BCUT2D eigenvalue weighted by atomic mass is 10.1. The Morgan fingerprint density at radius 2 is 1.71 bits per heavy atom. The Labute approximate surface area is 205 Å². The van der Waals surface area contributed by atoms with Crippen LogP contribution in [-0.4, -0.2) is 73.1 Å². The van der Waals surface area contributed by atoms with Gasteiger partial charge in [0.05, 0.1) is 13.2 Å². The van der Waals surface area contributed by atoms with Crippen molar-refractivity contribution >= 4 is 18.4 Å². The Morgan fingerprint density at radius 3 is 2.24 bits per heavy atom. The third-order valence-corrected chi connectivity index (χ3v) is 4.66. The van der Waals surface area contributed by atoms with Crippen LogP contribution in [0.5, 0.6) is 0 Å². The Morgan fingerprint density at radius 1 is 1.12 bits per heavy atom. The first-order valence-corrected chi connectivity index (χ1v) is 12.1. The van der Waals surface area contributed by atoms with E-state index in [-0.39, 0.29) is 18.6 Å². The van der Waals surface area contributed by atoms with Crippen molar-refractivity contribution in [1.82, 2.24) is 15.1 Å². The second kappa shape index (κ2) is 15.3. The number of hydrogen-bond donors (Lipinski definition) is 1. The first-order valence-electron chi connectivity index (χ1n) is 12.1. The van der Waals surface area contributed by atoms with E-state index in [1.807, 2.05) is 30.3 Å². The fourth-order valence-electron chi connectivity index (χ4n) is 3.17. The van der Waals surface area contributed by atoms with Crippen LogP contribution in [-0.2, 0) is 19.1 Å². The van der Waals surface area contributed by atoms with Crippen molar-refractivity contribution in [1.29, 1.82) is 0 Å². The Kier molecular flexibility index (Phi) is 13.3. The lowest BCUT2D eigenvalue weighted by Crippen LogP contribution is -2.40. The van der Waals surface area contributed by atoms with Crippen LogP contribution in [0.3, 0.4) is 0 Å². The zero-order valence-electron chi connectivity index (χ0n) is 21.7. The predicted molar refractivity (Wildman–Crippen MR) is 133 cm³/mol. The molecule has 192 valence electrons. The molecule has 2 fully saturated rings. The minimum atomic E-state index is -0.542. The van der Waals surface area contributed by atoms with E-state index in [1.165, 1.54) is 0 Å².